The molecule has 0 aliphatic carbocycles. The highest BCUT2D eigenvalue weighted by Crippen LogP contribution is 2.32. The first-order valence-electron chi connectivity index (χ1n) is 8.71. The zero-order valence-corrected chi connectivity index (χ0v) is 15.4. The normalized spacial score (nSPS) is 11.0. The molecule has 0 unspecified atom stereocenters. The number of fused-ring (bicyclic) bond motifs is 1. The molecule has 0 saturated heterocycles. The summed E-state index contributed by atoms with van der Waals surface area (Å²) in [6.45, 7) is 4.12. The summed E-state index contributed by atoms with van der Waals surface area (Å²) in [5.74, 6) is -0.113. The number of ketones is 1. The van der Waals surface area contributed by atoms with Gasteiger partial charge in [-0.1, -0.05) is 6.92 Å². The number of Topliss-reactive ketones (excluding diaryl/α,β-unsaturated/α-hetero) is 1. The van der Waals surface area contributed by atoms with E-state index >= 15 is 0 Å². The van der Waals surface area contributed by atoms with E-state index in [9.17, 15) is 19.5 Å². The highest BCUT2D eigenvalue weighted by molar-refractivity contribution is 5.99. The standard InChI is InChI=1S/C20H24O6/c1-4-14-15(8-7-13(22)6-5-9-25-3)20(24)26-19-16(14)10-12(2)18(23)17(19)11-21/h10-11,23H,4-9H2,1-3H3. The maximum atomic E-state index is 12.5. The lowest BCUT2D eigenvalue weighted by Crippen LogP contribution is -2.14. The summed E-state index contributed by atoms with van der Waals surface area (Å²) in [7, 11) is 1.59. The van der Waals surface area contributed by atoms with Crippen LogP contribution in [-0.2, 0) is 22.4 Å². The zero-order valence-electron chi connectivity index (χ0n) is 15.4. The number of hydrogen-bond acceptors (Lipinski definition) is 6. The van der Waals surface area contributed by atoms with Gasteiger partial charge in [-0.05, 0) is 43.4 Å². The predicted molar refractivity (Wildman–Crippen MR) is 98.1 cm³/mol. The smallest absolute Gasteiger partial charge is 0.339 e. The number of rotatable bonds is 9. The second-order valence-electron chi connectivity index (χ2n) is 6.29. The summed E-state index contributed by atoms with van der Waals surface area (Å²) in [5, 5.41) is 10.7. The van der Waals surface area contributed by atoms with Gasteiger partial charge in [-0.2, -0.15) is 0 Å². The molecule has 6 heteroatoms. The van der Waals surface area contributed by atoms with Gasteiger partial charge in [0.1, 0.15) is 11.5 Å². The summed E-state index contributed by atoms with van der Waals surface area (Å²) in [6, 6.07) is 1.71. The third-order valence-corrected chi connectivity index (χ3v) is 4.54. The van der Waals surface area contributed by atoms with Crippen LogP contribution in [-0.4, -0.2) is 30.9 Å². The number of carbonyl (C=O) groups is 2. The van der Waals surface area contributed by atoms with Gasteiger partial charge in [0, 0.05) is 37.5 Å². The van der Waals surface area contributed by atoms with Crippen LogP contribution >= 0.6 is 0 Å². The van der Waals surface area contributed by atoms with Crippen molar-refractivity contribution in [3.63, 3.8) is 0 Å². The largest absolute Gasteiger partial charge is 0.507 e. The molecule has 0 aliphatic heterocycles. The number of aldehydes is 1. The molecule has 2 aromatic rings. The molecule has 140 valence electrons. The maximum absolute atomic E-state index is 12.5. The molecular weight excluding hydrogens is 336 g/mol. The van der Waals surface area contributed by atoms with E-state index in [2.05, 4.69) is 0 Å². The first-order valence-corrected chi connectivity index (χ1v) is 8.71. The van der Waals surface area contributed by atoms with Gasteiger partial charge >= 0.3 is 5.63 Å². The predicted octanol–water partition coefficient (Wildman–Crippen LogP) is 3.11. The number of ether oxygens (including phenoxy) is 1. The zero-order chi connectivity index (χ0) is 19.3. The molecule has 0 atom stereocenters. The number of carbonyl (C=O) groups excluding carboxylic acids is 2. The van der Waals surface area contributed by atoms with E-state index in [1.807, 2.05) is 6.92 Å². The molecule has 0 radical (unpaired) electrons. The summed E-state index contributed by atoms with van der Waals surface area (Å²) in [5.41, 5.74) is 1.26. The van der Waals surface area contributed by atoms with Crippen molar-refractivity contribution in [3.05, 3.63) is 38.7 Å². The molecule has 0 saturated carbocycles. The van der Waals surface area contributed by atoms with E-state index in [-0.39, 0.29) is 29.1 Å². The van der Waals surface area contributed by atoms with Crippen LogP contribution in [0.4, 0.5) is 0 Å². The first kappa shape index (κ1) is 19.8. The van der Waals surface area contributed by atoms with E-state index in [1.165, 1.54) is 0 Å². The third kappa shape index (κ3) is 4.02. The number of hydrogen-bond donors (Lipinski definition) is 1. The van der Waals surface area contributed by atoms with Crippen LogP contribution in [0.15, 0.2) is 15.3 Å². The van der Waals surface area contributed by atoms with Crippen molar-refractivity contribution in [2.45, 2.75) is 46.0 Å². The van der Waals surface area contributed by atoms with Gasteiger partial charge < -0.3 is 14.3 Å². The van der Waals surface area contributed by atoms with Crippen molar-refractivity contribution in [1.82, 2.24) is 0 Å². The molecule has 2 rings (SSSR count). The van der Waals surface area contributed by atoms with Gasteiger partial charge in [0.15, 0.2) is 11.9 Å². The molecule has 1 aromatic heterocycles. The van der Waals surface area contributed by atoms with Crippen LogP contribution in [0.25, 0.3) is 11.0 Å². The lowest BCUT2D eigenvalue weighted by Gasteiger charge is -2.13. The highest BCUT2D eigenvalue weighted by Gasteiger charge is 2.19. The fourth-order valence-corrected chi connectivity index (χ4v) is 3.16. The number of aromatic hydroxyl groups is 1. The number of aryl methyl sites for hydroxylation is 2. The molecule has 6 nitrogen and oxygen atoms in total. The SMILES string of the molecule is CCc1c(CCC(=O)CCCOC)c(=O)oc2c(C=O)c(O)c(C)cc12. The minimum absolute atomic E-state index is 0.0195. The number of phenols is 1. The molecule has 0 spiro atoms. The van der Waals surface area contributed by atoms with Crippen LogP contribution in [0.5, 0.6) is 5.75 Å². The molecule has 0 fully saturated rings. The van der Waals surface area contributed by atoms with Crippen molar-refractivity contribution in [1.29, 1.82) is 0 Å². The molecule has 0 aliphatic rings. The van der Waals surface area contributed by atoms with Crippen molar-refractivity contribution in [2.75, 3.05) is 13.7 Å². The summed E-state index contributed by atoms with van der Waals surface area (Å²) < 4.78 is 10.3. The maximum Gasteiger partial charge on any atom is 0.339 e. The minimum Gasteiger partial charge on any atom is -0.507 e. The Morgan fingerprint density at radius 1 is 1.31 bits per heavy atom. The number of methoxy groups -OCH3 is 1. The van der Waals surface area contributed by atoms with Crippen LogP contribution < -0.4 is 5.63 Å². The van der Waals surface area contributed by atoms with Gasteiger partial charge in [0.2, 0.25) is 0 Å². The average molecular weight is 360 g/mol. The van der Waals surface area contributed by atoms with Crippen LogP contribution in [0.2, 0.25) is 0 Å². The highest BCUT2D eigenvalue weighted by atomic mass is 16.5. The second-order valence-corrected chi connectivity index (χ2v) is 6.29. The summed E-state index contributed by atoms with van der Waals surface area (Å²) in [6.07, 6.45) is 2.66. The molecule has 26 heavy (non-hydrogen) atoms. The van der Waals surface area contributed by atoms with Crippen molar-refractivity contribution < 1.29 is 23.8 Å². The Balaban J connectivity index is 2.43. The number of phenolic OH excluding ortho intramolecular Hbond substituents is 1. The Morgan fingerprint density at radius 2 is 2.04 bits per heavy atom. The average Bonchev–Trinajstić information content (AvgIpc) is 2.61. The quantitative estimate of drug-likeness (QED) is 0.419. The first-order chi connectivity index (χ1) is 12.4. The monoisotopic (exact) mass is 360 g/mol. The van der Waals surface area contributed by atoms with E-state index < -0.39 is 5.63 Å². The molecule has 1 heterocycles. The van der Waals surface area contributed by atoms with Crippen LogP contribution in [0.3, 0.4) is 0 Å². The van der Waals surface area contributed by atoms with Crippen molar-refractivity contribution in [2.24, 2.45) is 0 Å². The fraction of sp³-hybridized carbons (Fsp3) is 0.450. The Bertz CT molecular complexity index is 878. The Labute approximate surface area is 151 Å². The van der Waals surface area contributed by atoms with Gasteiger partial charge in [-0.25, -0.2) is 4.79 Å². The van der Waals surface area contributed by atoms with Gasteiger partial charge in [-0.3, -0.25) is 9.59 Å². The third-order valence-electron chi connectivity index (χ3n) is 4.54. The fourth-order valence-electron chi connectivity index (χ4n) is 3.16. The minimum atomic E-state index is -0.564. The molecule has 1 aromatic carbocycles. The van der Waals surface area contributed by atoms with Gasteiger partial charge in [-0.15, -0.1) is 0 Å². The Hall–Kier alpha value is -2.47. The van der Waals surface area contributed by atoms with Crippen molar-refractivity contribution in [3.8, 4) is 5.75 Å². The summed E-state index contributed by atoms with van der Waals surface area (Å²) in [4.78, 5) is 35.8. The lowest BCUT2D eigenvalue weighted by molar-refractivity contribution is -0.119. The van der Waals surface area contributed by atoms with E-state index in [4.69, 9.17) is 9.15 Å². The summed E-state index contributed by atoms with van der Waals surface area (Å²) >= 11 is 0. The van der Waals surface area contributed by atoms with E-state index in [0.29, 0.717) is 55.1 Å². The van der Waals surface area contributed by atoms with Crippen molar-refractivity contribution >= 4 is 23.0 Å². The Morgan fingerprint density at radius 3 is 2.65 bits per heavy atom. The topological polar surface area (TPSA) is 93.8 Å². The molecule has 0 amide bonds. The lowest BCUT2D eigenvalue weighted by atomic mass is 9.95. The second kappa shape index (κ2) is 8.76. The van der Waals surface area contributed by atoms with Crippen LogP contribution in [0, 0.1) is 6.92 Å². The Kier molecular flexibility index (Phi) is 6.69. The van der Waals surface area contributed by atoms with E-state index in [0.717, 1.165) is 5.56 Å². The van der Waals surface area contributed by atoms with E-state index in [1.54, 1.807) is 20.1 Å². The number of benzene rings is 1. The van der Waals surface area contributed by atoms with Gasteiger partial charge in [0.25, 0.3) is 0 Å². The van der Waals surface area contributed by atoms with Gasteiger partial charge in [0.05, 0.1) is 5.56 Å². The molecule has 0 bridgehead atoms. The van der Waals surface area contributed by atoms with Crippen LogP contribution in [0.1, 0.15) is 53.2 Å². The molecular formula is C20H24O6. The molecule has 1 N–H and O–H groups in total.